The Labute approximate surface area is 130 Å². The van der Waals surface area contributed by atoms with Crippen molar-refractivity contribution in [3.05, 3.63) is 34.4 Å². The average Bonchev–Trinajstić information content (AvgIpc) is 2.90. The number of benzene rings is 1. The summed E-state index contributed by atoms with van der Waals surface area (Å²) < 4.78 is 5.74. The number of rotatable bonds is 7. The molecular formula is C19H31NO. The lowest BCUT2D eigenvalue weighted by atomic mass is 9.90. The summed E-state index contributed by atoms with van der Waals surface area (Å²) >= 11 is 0. The molecule has 2 nitrogen and oxygen atoms in total. The van der Waals surface area contributed by atoms with Crippen LogP contribution >= 0.6 is 0 Å². The van der Waals surface area contributed by atoms with Gasteiger partial charge in [-0.15, -0.1) is 0 Å². The van der Waals surface area contributed by atoms with Crippen LogP contribution in [-0.4, -0.2) is 19.3 Å². The highest BCUT2D eigenvalue weighted by Gasteiger charge is 2.18. The fraction of sp³-hybridized carbons (Fsp3) is 0.684. The molecule has 0 aromatic heterocycles. The number of ether oxygens (including phenoxy) is 1. The number of nitrogens with one attached hydrogen (secondary N) is 1. The van der Waals surface area contributed by atoms with Gasteiger partial charge in [0.15, 0.2) is 0 Å². The van der Waals surface area contributed by atoms with Crippen molar-refractivity contribution < 1.29 is 4.74 Å². The SMILES string of the molecule is CCNC(CCCC1CCCO1)c1c(C)cc(C)cc1C. The minimum atomic E-state index is 0.483. The zero-order valence-electron chi connectivity index (χ0n) is 14.2. The lowest BCUT2D eigenvalue weighted by molar-refractivity contribution is 0.101. The molecular weight excluding hydrogens is 258 g/mol. The first-order chi connectivity index (χ1) is 10.1. The minimum absolute atomic E-state index is 0.483. The predicted octanol–water partition coefficient (Wildman–Crippen LogP) is 4.61. The highest BCUT2D eigenvalue weighted by atomic mass is 16.5. The number of hydrogen-bond donors (Lipinski definition) is 1. The normalized spacial score (nSPS) is 19.9. The summed E-state index contributed by atoms with van der Waals surface area (Å²) in [6, 6.07) is 5.11. The van der Waals surface area contributed by atoms with Crippen LogP contribution < -0.4 is 5.32 Å². The molecule has 1 saturated heterocycles. The predicted molar refractivity (Wildman–Crippen MR) is 89.9 cm³/mol. The Kier molecular flexibility index (Phi) is 6.25. The zero-order chi connectivity index (χ0) is 15.2. The summed E-state index contributed by atoms with van der Waals surface area (Å²) in [7, 11) is 0. The van der Waals surface area contributed by atoms with Gasteiger partial charge in [-0.25, -0.2) is 0 Å². The molecule has 21 heavy (non-hydrogen) atoms. The largest absolute Gasteiger partial charge is 0.378 e. The van der Waals surface area contributed by atoms with Gasteiger partial charge in [-0.1, -0.05) is 24.6 Å². The van der Waals surface area contributed by atoms with E-state index in [0.29, 0.717) is 12.1 Å². The zero-order valence-corrected chi connectivity index (χ0v) is 14.2. The molecule has 118 valence electrons. The molecule has 0 amide bonds. The van der Waals surface area contributed by atoms with E-state index in [4.69, 9.17) is 4.74 Å². The Hall–Kier alpha value is -0.860. The smallest absolute Gasteiger partial charge is 0.0576 e. The van der Waals surface area contributed by atoms with Crippen LogP contribution in [0.4, 0.5) is 0 Å². The first-order valence-corrected chi connectivity index (χ1v) is 8.54. The average molecular weight is 289 g/mol. The van der Waals surface area contributed by atoms with Gasteiger partial charge in [0.25, 0.3) is 0 Å². The molecule has 1 N–H and O–H groups in total. The van der Waals surface area contributed by atoms with E-state index >= 15 is 0 Å². The molecule has 0 radical (unpaired) electrons. The van der Waals surface area contributed by atoms with Crippen molar-refractivity contribution in [3.8, 4) is 0 Å². The van der Waals surface area contributed by atoms with E-state index in [0.717, 1.165) is 13.2 Å². The van der Waals surface area contributed by atoms with Gasteiger partial charge in [-0.05, 0) is 76.1 Å². The monoisotopic (exact) mass is 289 g/mol. The molecule has 2 heteroatoms. The number of hydrogen-bond acceptors (Lipinski definition) is 2. The van der Waals surface area contributed by atoms with Gasteiger partial charge in [0.2, 0.25) is 0 Å². The third-order valence-electron chi connectivity index (χ3n) is 4.58. The topological polar surface area (TPSA) is 21.3 Å². The van der Waals surface area contributed by atoms with Crippen molar-refractivity contribution >= 4 is 0 Å². The highest BCUT2D eigenvalue weighted by Crippen LogP contribution is 2.28. The van der Waals surface area contributed by atoms with Gasteiger partial charge in [-0.2, -0.15) is 0 Å². The van der Waals surface area contributed by atoms with Crippen LogP contribution in [0.2, 0.25) is 0 Å². The Morgan fingerprint density at radius 3 is 2.52 bits per heavy atom. The van der Waals surface area contributed by atoms with Crippen molar-refractivity contribution in [2.24, 2.45) is 0 Å². The van der Waals surface area contributed by atoms with Crippen LogP contribution in [0.15, 0.2) is 12.1 Å². The summed E-state index contributed by atoms with van der Waals surface area (Å²) in [5.74, 6) is 0. The summed E-state index contributed by atoms with van der Waals surface area (Å²) in [5, 5.41) is 3.68. The lowest BCUT2D eigenvalue weighted by Crippen LogP contribution is -2.23. The van der Waals surface area contributed by atoms with Gasteiger partial charge < -0.3 is 10.1 Å². The molecule has 1 fully saturated rings. The standard InChI is InChI=1S/C19H31NO/c1-5-20-18(10-6-8-17-9-7-11-21-17)19-15(3)12-14(2)13-16(19)4/h12-13,17-18,20H,5-11H2,1-4H3. The second-order valence-corrected chi connectivity index (χ2v) is 6.49. The molecule has 1 aliphatic rings. The van der Waals surface area contributed by atoms with Gasteiger partial charge in [0.1, 0.15) is 0 Å². The van der Waals surface area contributed by atoms with E-state index in [1.807, 2.05) is 0 Å². The van der Waals surface area contributed by atoms with Crippen LogP contribution in [0.3, 0.4) is 0 Å². The molecule has 0 aliphatic carbocycles. The second-order valence-electron chi connectivity index (χ2n) is 6.49. The van der Waals surface area contributed by atoms with E-state index in [2.05, 4.69) is 45.1 Å². The Balaban J connectivity index is 2.00. The maximum absolute atomic E-state index is 5.74. The highest BCUT2D eigenvalue weighted by molar-refractivity contribution is 5.39. The second kappa shape index (κ2) is 7.95. The quantitative estimate of drug-likeness (QED) is 0.791. The Morgan fingerprint density at radius 2 is 1.95 bits per heavy atom. The molecule has 0 spiro atoms. The molecule has 1 heterocycles. The third kappa shape index (κ3) is 4.55. The van der Waals surface area contributed by atoms with Gasteiger partial charge in [-0.3, -0.25) is 0 Å². The molecule has 0 saturated carbocycles. The van der Waals surface area contributed by atoms with E-state index in [1.165, 1.54) is 54.4 Å². The molecule has 1 aromatic rings. The van der Waals surface area contributed by atoms with Crippen molar-refractivity contribution in [1.29, 1.82) is 0 Å². The van der Waals surface area contributed by atoms with Crippen molar-refractivity contribution in [2.45, 2.75) is 71.9 Å². The maximum Gasteiger partial charge on any atom is 0.0576 e. The fourth-order valence-electron chi connectivity index (χ4n) is 3.76. The molecule has 0 bridgehead atoms. The summed E-state index contributed by atoms with van der Waals surface area (Å²) in [6.45, 7) is 10.9. The van der Waals surface area contributed by atoms with E-state index in [-0.39, 0.29) is 0 Å². The Morgan fingerprint density at radius 1 is 1.24 bits per heavy atom. The molecule has 2 unspecified atom stereocenters. The van der Waals surface area contributed by atoms with Crippen molar-refractivity contribution in [3.63, 3.8) is 0 Å². The first kappa shape index (κ1) is 16.5. The van der Waals surface area contributed by atoms with E-state index in [1.54, 1.807) is 0 Å². The van der Waals surface area contributed by atoms with Crippen LogP contribution in [0.25, 0.3) is 0 Å². The Bertz CT molecular complexity index is 426. The molecule has 1 aromatic carbocycles. The van der Waals surface area contributed by atoms with Gasteiger partial charge >= 0.3 is 0 Å². The van der Waals surface area contributed by atoms with Crippen LogP contribution in [0, 0.1) is 20.8 Å². The van der Waals surface area contributed by atoms with Crippen molar-refractivity contribution in [2.75, 3.05) is 13.2 Å². The van der Waals surface area contributed by atoms with E-state index < -0.39 is 0 Å². The molecule has 1 aliphatic heterocycles. The van der Waals surface area contributed by atoms with Crippen LogP contribution in [0.5, 0.6) is 0 Å². The minimum Gasteiger partial charge on any atom is -0.378 e. The number of aryl methyl sites for hydroxylation is 3. The third-order valence-corrected chi connectivity index (χ3v) is 4.58. The van der Waals surface area contributed by atoms with Crippen LogP contribution in [-0.2, 0) is 4.74 Å². The molecule has 2 rings (SSSR count). The summed E-state index contributed by atoms with van der Waals surface area (Å²) in [4.78, 5) is 0. The fourth-order valence-corrected chi connectivity index (χ4v) is 3.76. The molecule has 2 atom stereocenters. The summed E-state index contributed by atoms with van der Waals surface area (Å²) in [5.41, 5.74) is 5.73. The maximum atomic E-state index is 5.74. The lowest BCUT2D eigenvalue weighted by Gasteiger charge is -2.23. The van der Waals surface area contributed by atoms with Gasteiger partial charge in [0.05, 0.1) is 6.10 Å². The van der Waals surface area contributed by atoms with E-state index in [9.17, 15) is 0 Å². The van der Waals surface area contributed by atoms with Gasteiger partial charge in [0, 0.05) is 12.6 Å². The first-order valence-electron chi connectivity index (χ1n) is 8.54. The van der Waals surface area contributed by atoms with Crippen molar-refractivity contribution in [1.82, 2.24) is 5.32 Å². The summed E-state index contributed by atoms with van der Waals surface area (Å²) in [6.07, 6.45) is 6.69. The van der Waals surface area contributed by atoms with Crippen LogP contribution in [0.1, 0.15) is 67.3 Å².